The lowest BCUT2D eigenvalue weighted by atomic mass is 9.93. The number of carbonyl (C=O) groups excluding carboxylic acids is 2. The van der Waals surface area contributed by atoms with Gasteiger partial charge in [-0.15, -0.1) is 0 Å². The van der Waals surface area contributed by atoms with Gasteiger partial charge in [-0.25, -0.2) is 4.39 Å². The predicted octanol–water partition coefficient (Wildman–Crippen LogP) is 4.33. The van der Waals surface area contributed by atoms with E-state index in [1.807, 2.05) is 24.7 Å². The van der Waals surface area contributed by atoms with Gasteiger partial charge in [0.25, 0.3) is 0 Å². The third-order valence-corrected chi connectivity index (χ3v) is 7.13. The van der Waals surface area contributed by atoms with E-state index in [-0.39, 0.29) is 27.9 Å². The first-order chi connectivity index (χ1) is 14.8. The molecule has 1 aliphatic carbocycles. The molecule has 2 heterocycles. The van der Waals surface area contributed by atoms with Gasteiger partial charge in [0.1, 0.15) is 5.82 Å². The number of likely N-dealkylation sites (tertiary alicyclic amines) is 1. The number of rotatable bonds is 6. The van der Waals surface area contributed by atoms with Crippen LogP contribution in [-0.2, 0) is 16.6 Å². The summed E-state index contributed by atoms with van der Waals surface area (Å²) < 4.78 is 16.6. The molecule has 5 nitrogen and oxygen atoms in total. The number of ketones is 1. The molecule has 2 aromatic rings. The highest BCUT2D eigenvalue weighted by atomic mass is 32.2. The van der Waals surface area contributed by atoms with Crippen molar-refractivity contribution in [2.75, 3.05) is 13.1 Å². The number of halogens is 1. The first-order valence-electron chi connectivity index (χ1n) is 10.7. The van der Waals surface area contributed by atoms with Gasteiger partial charge in [0, 0.05) is 43.8 Å². The quantitative estimate of drug-likeness (QED) is 0.668. The molecule has 0 spiro atoms. The number of benzene rings is 1. The molecular weight excluding hydrogens is 413 g/mol. The fraction of sp³-hybridized carbons (Fsp3) is 0.458. The molecule has 7 heteroatoms. The number of Topliss-reactive ketones (excluding diaryl/α,β-unsaturated/α-hetero) is 1. The van der Waals surface area contributed by atoms with Gasteiger partial charge in [0.2, 0.25) is 0 Å². The SMILES string of the molecule is CC(=O)SC1CCN(C(C(=O)C2CC2)c2ccccc2F)CC1=Cc1cc(C)nn1C. The summed E-state index contributed by atoms with van der Waals surface area (Å²) in [7, 11) is 1.89. The van der Waals surface area contributed by atoms with Crippen molar-refractivity contribution in [2.24, 2.45) is 13.0 Å². The van der Waals surface area contributed by atoms with Crippen molar-refractivity contribution < 1.29 is 14.0 Å². The molecule has 0 N–H and O–H groups in total. The van der Waals surface area contributed by atoms with E-state index >= 15 is 0 Å². The van der Waals surface area contributed by atoms with Crippen molar-refractivity contribution in [3.63, 3.8) is 0 Å². The van der Waals surface area contributed by atoms with Crippen molar-refractivity contribution in [1.29, 1.82) is 0 Å². The Balaban J connectivity index is 1.69. The van der Waals surface area contributed by atoms with E-state index in [1.54, 1.807) is 25.1 Å². The molecule has 2 unspecified atom stereocenters. The Morgan fingerprint density at radius 1 is 1.26 bits per heavy atom. The zero-order chi connectivity index (χ0) is 22.1. The van der Waals surface area contributed by atoms with Crippen molar-refractivity contribution in [2.45, 2.75) is 44.4 Å². The minimum Gasteiger partial charge on any atom is -0.297 e. The van der Waals surface area contributed by atoms with Crippen molar-refractivity contribution in [3.8, 4) is 0 Å². The van der Waals surface area contributed by atoms with Crippen LogP contribution in [0, 0.1) is 18.7 Å². The van der Waals surface area contributed by atoms with Crippen molar-refractivity contribution >= 4 is 28.7 Å². The summed E-state index contributed by atoms with van der Waals surface area (Å²) in [6.45, 7) is 4.69. The summed E-state index contributed by atoms with van der Waals surface area (Å²) in [6, 6.07) is 8.02. The van der Waals surface area contributed by atoms with Crippen LogP contribution in [0.3, 0.4) is 0 Å². The maximum absolute atomic E-state index is 14.7. The van der Waals surface area contributed by atoms with Gasteiger partial charge in [-0.2, -0.15) is 5.10 Å². The molecule has 0 amide bonds. The number of nitrogens with zero attached hydrogens (tertiary/aromatic N) is 3. The summed E-state index contributed by atoms with van der Waals surface area (Å²) >= 11 is 1.33. The zero-order valence-electron chi connectivity index (χ0n) is 18.2. The second-order valence-electron chi connectivity index (χ2n) is 8.51. The lowest BCUT2D eigenvalue weighted by Gasteiger charge is -2.38. The Morgan fingerprint density at radius 3 is 2.61 bits per heavy atom. The first-order valence-corrected chi connectivity index (χ1v) is 11.6. The lowest BCUT2D eigenvalue weighted by Crippen LogP contribution is -2.43. The van der Waals surface area contributed by atoms with E-state index < -0.39 is 6.04 Å². The molecule has 1 aromatic carbocycles. The van der Waals surface area contributed by atoms with E-state index in [9.17, 15) is 14.0 Å². The van der Waals surface area contributed by atoms with Gasteiger partial charge in [-0.1, -0.05) is 30.0 Å². The molecule has 0 radical (unpaired) electrons. The smallest absolute Gasteiger partial charge is 0.186 e. The second-order valence-corrected chi connectivity index (χ2v) is 9.89. The summed E-state index contributed by atoms with van der Waals surface area (Å²) in [5, 5.41) is 4.53. The van der Waals surface area contributed by atoms with E-state index in [1.165, 1.54) is 17.8 Å². The van der Waals surface area contributed by atoms with Crippen LogP contribution >= 0.6 is 11.8 Å². The Kier molecular flexibility index (Phi) is 6.44. The van der Waals surface area contributed by atoms with Crippen LogP contribution in [0.1, 0.15) is 49.2 Å². The normalized spacial score (nSPS) is 21.9. The van der Waals surface area contributed by atoms with E-state index in [0.29, 0.717) is 18.7 Å². The highest BCUT2D eigenvalue weighted by molar-refractivity contribution is 8.14. The van der Waals surface area contributed by atoms with Gasteiger partial charge >= 0.3 is 0 Å². The standard InChI is InChI=1S/C24H28FN3O2S/c1-15-12-19(27(3)26-15)13-18-14-28(11-10-22(18)31-16(2)29)23(24(30)17-8-9-17)20-6-4-5-7-21(20)25/h4-7,12-13,17,22-23H,8-11,14H2,1-3H3. The first kappa shape index (κ1) is 22.0. The summed E-state index contributed by atoms with van der Waals surface area (Å²) in [5.41, 5.74) is 3.40. The van der Waals surface area contributed by atoms with E-state index in [0.717, 1.165) is 36.2 Å². The number of carbonyl (C=O) groups is 2. The van der Waals surface area contributed by atoms with Crippen LogP contribution in [0.4, 0.5) is 4.39 Å². The molecule has 2 aliphatic rings. The monoisotopic (exact) mass is 441 g/mol. The average molecular weight is 442 g/mol. The highest BCUT2D eigenvalue weighted by Gasteiger charge is 2.41. The van der Waals surface area contributed by atoms with Crippen LogP contribution in [0.2, 0.25) is 0 Å². The molecule has 2 atom stereocenters. The van der Waals surface area contributed by atoms with Crippen molar-refractivity contribution in [1.82, 2.24) is 14.7 Å². The van der Waals surface area contributed by atoms with Gasteiger partial charge in [-0.05, 0) is 50.0 Å². The Labute approximate surface area is 186 Å². The number of hydrogen-bond donors (Lipinski definition) is 0. The number of hydrogen-bond acceptors (Lipinski definition) is 5. The third kappa shape index (κ3) is 4.99. The maximum atomic E-state index is 14.7. The summed E-state index contributed by atoms with van der Waals surface area (Å²) in [6.07, 6.45) is 4.58. The van der Waals surface area contributed by atoms with Gasteiger partial charge in [0.15, 0.2) is 10.9 Å². The summed E-state index contributed by atoms with van der Waals surface area (Å²) in [4.78, 5) is 27.2. The molecule has 4 rings (SSSR count). The van der Waals surface area contributed by atoms with Gasteiger partial charge in [-0.3, -0.25) is 19.2 Å². The van der Waals surface area contributed by atoms with Crippen LogP contribution in [0.25, 0.3) is 6.08 Å². The van der Waals surface area contributed by atoms with Crippen LogP contribution in [-0.4, -0.2) is 43.9 Å². The number of piperidine rings is 1. The van der Waals surface area contributed by atoms with Crippen LogP contribution in [0.15, 0.2) is 35.9 Å². The molecule has 1 aliphatic heterocycles. The topological polar surface area (TPSA) is 55.2 Å². The fourth-order valence-corrected chi connectivity index (χ4v) is 5.27. The van der Waals surface area contributed by atoms with Gasteiger partial charge < -0.3 is 0 Å². The fourth-order valence-electron chi connectivity index (χ4n) is 4.35. The number of aromatic nitrogens is 2. The number of thioether (sulfide) groups is 1. The van der Waals surface area contributed by atoms with E-state index in [4.69, 9.17) is 0 Å². The van der Waals surface area contributed by atoms with E-state index in [2.05, 4.69) is 16.1 Å². The second kappa shape index (κ2) is 9.09. The van der Waals surface area contributed by atoms with Crippen LogP contribution < -0.4 is 0 Å². The number of aryl methyl sites for hydroxylation is 2. The summed E-state index contributed by atoms with van der Waals surface area (Å²) in [5.74, 6) is -0.200. The zero-order valence-corrected chi connectivity index (χ0v) is 19.0. The lowest BCUT2D eigenvalue weighted by molar-refractivity contribution is -0.126. The molecule has 1 aromatic heterocycles. The molecule has 164 valence electrons. The third-order valence-electron chi connectivity index (χ3n) is 5.97. The highest BCUT2D eigenvalue weighted by Crippen LogP contribution is 2.40. The molecule has 2 fully saturated rings. The predicted molar refractivity (Wildman–Crippen MR) is 121 cm³/mol. The Morgan fingerprint density at radius 2 is 2.00 bits per heavy atom. The van der Waals surface area contributed by atoms with Gasteiger partial charge in [0.05, 0.1) is 17.4 Å². The molecule has 31 heavy (non-hydrogen) atoms. The average Bonchev–Trinajstić information content (AvgIpc) is 3.51. The Hall–Kier alpha value is -2.25. The minimum absolute atomic E-state index is 0.0288. The molecule has 1 saturated carbocycles. The molecule has 0 bridgehead atoms. The minimum atomic E-state index is -0.589. The maximum Gasteiger partial charge on any atom is 0.186 e. The molecule has 1 saturated heterocycles. The largest absolute Gasteiger partial charge is 0.297 e. The Bertz CT molecular complexity index is 1030. The van der Waals surface area contributed by atoms with Crippen molar-refractivity contribution in [3.05, 3.63) is 58.7 Å². The van der Waals surface area contributed by atoms with Crippen LogP contribution in [0.5, 0.6) is 0 Å². The molecular formula is C24H28FN3O2S.